The molecule has 0 radical (unpaired) electrons. The fraction of sp³-hybridized carbons (Fsp3) is 0.600. The fourth-order valence-corrected chi connectivity index (χ4v) is 1.60. The Kier molecular flexibility index (Phi) is 3.64. The second-order valence-corrected chi connectivity index (χ2v) is 5.37. The lowest BCUT2D eigenvalue weighted by atomic mass is 10.0. The Hall–Kier alpha value is -0.450. The van der Waals surface area contributed by atoms with Gasteiger partial charge in [0, 0.05) is 5.37 Å². The zero-order valence-corrected chi connectivity index (χ0v) is 9.73. The smallest absolute Gasteiger partial charge is 0.123 e. The molecule has 1 aromatic heterocycles. The number of thioether (sulfide) groups is 1. The van der Waals surface area contributed by atoms with Crippen molar-refractivity contribution in [2.75, 3.05) is 0 Å². The van der Waals surface area contributed by atoms with Crippen LogP contribution in [0, 0.1) is 0 Å². The third-order valence-electron chi connectivity index (χ3n) is 1.79. The molecule has 0 spiro atoms. The first-order chi connectivity index (χ1) is 6.39. The normalized spacial score (nSPS) is 14.4. The van der Waals surface area contributed by atoms with Gasteiger partial charge in [-0.1, -0.05) is 0 Å². The Morgan fingerprint density at radius 2 is 2.14 bits per heavy atom. The summed E-state index contributed by atoms with van der Waals surface area (Å²) in [6.07, 6.45) is 0. The van der Waals surface area contributed by atoms with Crippen LogP contribution in [-0.4, -0.2) is 5.37 Å². The molecule has 1 atom stereocenters. The predicted molar refractivity (Wildman–Crippen MR) is 60.9 cm³/mol. The van der Waals surface area contributed by atoms with Crippen molar-refractivity contribution in [1.82, 2.24) is 0 Å². The average Bonchev–Trinajstić information content (AvgIpc) is 2.47. The summed E-state index contributed by atoms with van der Waals surface area (Å²) < 4.78 is 5.60. The minimum Gasteiger partial charge on any atom is -0.463 e. The standard InChI is InChI=1S/C10H18N2OS/c1-7(11)14-6-8-4-5-9(13-8)10(2,3)12/h4-5,7H,6,11-12H2,1-3H3. The summed E-state index contributed by atoms with van der Waals surface area (Å²) in [4.78, 5) is 0. The van der Waals surface area contributed by atoms with Crippen molar-refractivity contribution in [3.63, 3.8) is 0 Å². The monoisotopic (exact) mass is 214 g/mol. The van der Waals surface area contributed by atoms with Gasteiger partial charge in [0.15, 0.2) is 0 Å². The van der Waals surface area contributed by atoms with Gasteiger partial charge in [-0.3, -0.25) is 0 Å². The van der Waals surface area contributed by atoms with E-state index >= 15 is 0 Å². The Balaban J connectivity index is 2.60. The number of hydrogen-bond acceptors (Lipinski definition) is 4. The molecule has 1 unspecified atom stereocenters. The highest BCUT2D eigenvalue weighted by molar-refractivity contribution is 7.99. The molecule has 4 N–H and O–H groups in total. The summed E-state index contributed by atoms with van der Waals surface area (Å²) in [5, 5.41) is 0.134. The van der Waals surface area contributed by atoms with E-state index in [-0.39, 0.29) is 5.37 Å². The van der Waals surface area contributed by atoms with Crippen LogP contribution >= 0.6 is 11.8 Å². The molecular weight excluding hydrogens is 196 g/mol. The highest BCUT2D eigenvalue weighted by atomic mass is 32.2. The molecule has 0 saturated carbocycles. The third kappa shape index (κ3) is 3.36. The van der Waals surface area contributed by atoms with E-state index < -0.39 is 5.54 Å². The van der Waals surface area contributed by atoms with E-state index in [4.69, 9.17) is 15.9 Å². The molecule has 0 aliphatic heterocycles. The minimum atomic E-state index is -0.406. The summed E-state index contributed by atoms with van der Waals surface area (Å²) in [6, 6.07) is 3.89. The number of hydrogen-bond donors (Lipinski definition) is 2. The van der Waals surface area contributed by atoms with Gasteiger partial charge in [-0.2, -0.15) is 0 Å². The van der Waals surface area contributed by atoms with Crippen molar-refractivity contribution in [3.05, 3.63) is 23.7 Å². The van der Waals surface area contributed by atoms with E-state index in [2.05, 4.69) is 0 Å². The first-order valence-corrected chi connectivity index (χ1v) is 5.69. The summed E-state index contributed by atoms with van der Waals surface area (Å²) in [6.45, 7) is 5.81. The molecule has 0 saturated heterocycles. The van der Waals surface area contributed by atoms with E-state index in [0.717, 1.165) is 17.3 Å². The molecule has 4 heteroatoms. The zero-order chi connectivity index (χ0) is 10.8. The van der Waals surface area contributed by atoms with Crippen LogP contribution in [-0.2, 0) is 11.3 Å². The Labute approximate surface area is 89.2 Å². The van der Waals surface area contributed by atoms with Crippen LogP contribution in [0.1, 0.15) is 32.3 Å². The van der Waals surface area contributed by atoms with Gasteiger partial charge in [-0.15, -0.1) is 11.8 Å². The lowest BCUT2D eigenvalue weighted by molar-refractivity contribution is 0.381. The summed E-state index contributed by atoms with van der Waals surface area (Å²) in [5.74, 6) is 2.55. The van der Waals surface area contributed by atoms with Gasteiger partial charge in [0.2, 0.25) is 0 Å². The van der Waals surface area contributed by atoms with Gasteiger partial charge in [-0.25, -0.2) is 0 Å². The number of rotatable bonds is 4. The van der Waals surface area contributed by atoms with Gasteiger partial charge in [0.25, 0.3) is 0 Å². The maximum absolute atomic E-state index is 5.90. The van der Waals surface area contributed by atoms with Gasteiger partial charge in [0.05, 0.1) is 11.3 Å². The summed E-state index contributed by atoms with van der Waals surface area (Å²) >= 11 is 1.65. The number of furan rings is 1. The quantitative estimate of drug-likeness (QED) is 0.752. The Morgan fingerprint density at radius 1 is 1.50 bits per heavy atom. The van der Waals surface area contributed by atoms with Crippen LogP contribution in [0.3, 0.4) is 0 Å². The maximum Gasteiger partial charge on any atom is 0.123 e. The molecule has 0 bridgehead atoms. The molecule has 14 heavy (non-hydrogen) atoms. The molecule has 0 aromatic carbocycles. The van der Waals surface area contributed by atoms with E-state index in [0.29, 0.717) is 0 Å². The molecule has 0 aliphatic carbocycles. The van der Waals surface area contributed by atoms with Crippen LogP contribution in [0.25, 0.3) is 0 Å². The third-order valence-corrected chi connectivity index (χ3v) is 2.76. The second kappa shape index (κ2) is 4.38. The summed E-state index contributed by atoms with van der Waals surface area (Å²) in [5.41, 5.74) is 11.1. The molecule has 0 fully saturated rings. The largest absolute Gasteiger partial charge is 0.463 e. The van der Waals surface area contributed by atoms with Gasteiger partial charge < -0.3 is 15.9 Å². The highest BCUT2D eigenvalue weighted by Crippen LogP contribution is 2.22. The van der Waals surface area contributed by atoms with Crippen molar-refractivity contribution >= 4 is 11.8 Å². The topological polar surface area (TPSA) is 65.2 Å². The van der Waals surface area contributed by atoms with Gasteiger partial charge in [-0.05, 0) is 32.9 Å². The molecule has 80 valence electrons. The second-order valence-electron chi connectivity index (χ2n) is 4.00. The van der Waals surface area contributed by atoms with E-state index in [1.165, 1.54) is 0 Å². The SMILES string of the molecule is CC(N)SCc1ccc(C(C)(C)N)o1. The van der Waals surface area contributed by atoms with Crippen molar-refractivity contribution in [2.24, 2.45) is 11.5 Å². The highest BCUT2D eigenvalue weighted by Gasteiger charge is 2.18. The molecule has 1 rings (SSSR count). The fourth-order valence-electron chi connectivity index (χ4n) is 1.02. The van der Waals surface area contributed by atoms with E-state index in [1.807, 2.05) is 32.9 Å². The molecular formula is C10H18N2OS. The predicted octanol–water partition coefficient (Wildman–Crippen LogP) is 2.01. The van der Waals surface area contributed by atoms with Crippen molar-refractivity contribution < 1.29 is 4.42 Å². The van der Waals surface area contributed by atoms with Crippen LogP contribution in [0.2, 0.25) is 0 Å². The maximum atomic E-state index is 5.90. The van der Waals surface area contributed by atoms with Gasteiger partial charge >= 0.3 is 0 Å². The average molecular weight is 214 g/mol. The van der Waals surface area contributed by atoms with E-state index in [9.17, 15) is 0 Å². The molecule has 3 nitrogen and oxygen atoms in total. The zero-order valence-electron chi connectivity index (χ0n) is 8.91. The molecule has 1 aromatic rings. The Morgan fingerprint density at radius 3 is 2.57 bits per heavy atom. The Bertz CT molecular complexity index is 289. The van der Waals surface area contributed by atoms with E-state index in [1.54, 1.807) is 11.8 Å². The molecule has 0 aliphatic rings. The van der Waals surface area contributed by atoms with Crippen molar-refractivity contribution in [3.8, 4) is 0 Å². The van der Waals surface area contributed by atoms with Crippen LogP contribution < -0.4 is 11.5 Å². The van der Waals surface area contributed by atoms with Crippen LogP contribution in [0.5, 0.6) is 0 Å². The molecule has 0 amide bonds. The molecule has 1 heterocycles. The minimum absolute atomic E-state index is 0.134. The van der Waals surface area contributed by atoms with Crippen molar-refractivity contribution in [1.29, 1.82) is 0 Å². The van der Waals surface area contributed by atoms with Gasteiger partial charge in [0.1, 0.15) is 11.5 Å². The lowest BCUT2D eigenvalue weighted by Gasteiger charge is -2.14. The van der Waals surface area contributed by atoms with Crippen LogP contribution in [0.15, 0.2) is 16.5 Å². The first-order valence-electron chi connectivity index (χ1n) is 4.65. The van der Waals surface area contributed by atoms with Crippen LogP contribution in [0.4, 0.5) is 0 Å². The number of nitrogens with two attached hydrogens (primary N) is 2. The van der Waals surface area contributed by atoms with Crippen molar-refractivity contribution in [2.45, 2.75) is 37.4 Å². The first kappa shape index (κ1) is 11.6. The lowest BCUT2D eigenvalue weighted by Crippen LogP contribution is -2.27. The summed E-state index contributed by atoms with van der Waals surface area (Å²) in [7, 11) is 0.